The summed E-state index contributed by atoms with van der Waals surface area (Å²) in [6.45, 7) is 3.16. The van der Waals surface area contributed by atoms with Crippen molar-refractivity contribution in [3.05, 3.63) is 0 Å². The molecule has 0 aromatic carbocycles. The third-order valence-corrected chi connectivity index (χ3v) is 9.00. The SMILES string of the molecule is COC1CCC([C@@H](O)CN2CCC3C(C2)[NH2+]C(C2CCCS2)N3C)CC1. The smallest absolute Gasteiger partial charge is 0.154 e. The lowest BCUT2D eigenvalue weighted by Crippen LogP contribution is -2.96. The topological polar surface area (TPSA) is 52.6 Å². The molecule has 6 heteroatoms. The highest BCUT2D eigenvalue weighted by atomic mass is 32.2. The molecular weight excluding hydrogens is 346 g/mol. The fourth-order valence-corrected chi connectivity index (χ4v) is 7.34. The van der Waals surface area contributed by atoms with Crippen molar-refractivity contribution in [2.75, 3.05) is 39.5 Å². The predicted molar refractivity (Wildman–Crippen MR) is 106 cm³/mol. The van der Waals surface area contributed by atoms with Crippen LogP contribution < -0.4 is 5.32 Å². The van der Waals surface area contributed by atoms with E-state index in [1.54, 1.807) is 0 Å². The molecule has 3 saturated heterocycles. The minimum absolute atomic E-state index is 0.162. The number of ether oxygens (including phenoxy) is 1. The van der Waals surface area contributed by atoms with Crippen molar-refractivity contribution in [2.45, 2.75) is 80.7 Å². The highest BCUT2D eigenvalue weighted by Gasteiger charge is 2.49. The van der Waals surface area contributed by atoms with E-state index in [-0.39, 0.29) is 6.10 Å². The maximum atomic E-state index is 10.8. The van der Waals surface area contributed by atoms with Crippen LogP contribution in [0.25, 0.3) is 0 Å². The van der Waals surface area contributed by atoms with Gasteiger partial charge in [0.2, 0.25) is 0 Å². The summed E-state index contributed by atoms with van der Waals surface area (Å²) >= 11 is 2.18. The van der Waals surface area contributed by atoms with Gasteiger partial charge in [0.25, 0.3) is 0 Å². The van der Waals surface area contributed by atoms with E-state index in [9.17, 15) is 5.11 Å². The molecule has 0 aromatic rings. The van der Waals surface area contributed by atoms with Gasteiger partial charge in [-0.1, -0.05) is 0 Å². The van der Waals surface area contributed by atoms with E-state index in [4.69, 9.17) is 4.74 Å². The molecule has 4 aliphatic rings. The Labute approximate surface area is 163 Å². The van der Waals surface area contributed by atoms with Gasteiger partial charge < -0.3 is 15.2 Å². The van der Waals surface area contributed by atoms with Crippen molar-refractivity contribution in [1.82, 2.24) is 9.80 Å². The molecule has 0 spiro atoms. The Balaban J connectivity index is 1.27. The first-order valence-corrected chi connectivity index (χ1v) is 11.8. The number of nitrogens with zero attached hydrogens (tertiary/aromatic N) is 2. The number of thioether (sulfide) groups is 1. The van der Waals surface area contributed by atoms with Gasteiger partial charge in [-0.2, -0.15) is 11.8 Å². The molecule has 150 valence electrons. The average Bonchev–Trinajstić information content (AvgIpc) is 3.30. The lowest BCUT2D eigenvalue weighted by molar-refractivity contribution is -0.709. The number of likely N-dealkylation sites (N-methyl/N-ethyl adjacent to an activating group) is 1. The zero-order valence-electron chi connectivity index (χ0n) is 16.6. The van der Waals surface area contributed by atoms with Crippen LogP contribution in [-0.4, -0.2) is 90.2 Å². The molecule has 4 rings (SSSR count). The van der Waals surface area contributed by atoms with E-state index in [2.05, 4.69) is 33.9 Å². The van der Waals surface area contributed by atoms with Crippen LogP contribution in [0, 0.1) is 5.92 Å². The van der Waals surface area contributed by atoms with Crippen molar-refractivity contribution in [3.8, 4) is 0 Å². The average molecular weight is 385 g/mol. The highest BCUT2D eigenvalue weighted by Crippen LogP contribution is 2.33. The Kier molecular flexibility index (Phi) is 6.49. The monoisotopic (exact) mass is 384 g/mol. The molecular formula is C20H38N3O2S+. The molecule has 3 N–H and O–H groups in total. The number of hydrogen-bond donors (Lipinski definition) is 2. The first-order valence-electron chi connectivity index (χ1n) is 10.8. The Morgan fingerprint density at radius 3 is 2.69 bits per heavy atom. The van der Waals surface area contributed by atoms with Crippen LogP contribution in [0.1, 0.15) is 44.9 Å². The zero-order chi connectivity index (χ0) is 18.1. The molecule has 1 saturated carbocycles. The van der Waals surface area contributed by atoms with Gasteiger partial charge >= 0.3 is 0 Å². The molecule has 0 bridgehead atoms. The van der Waals surface area contributed by atoms with Gasteiger partial charge in [-0.25, -0.2) is 4.90 Å². The number of likely N-dealkylation sites (tertiary alicyclic amines) is 1. The summed E-state index contributed by atoms with van der Waals surface area (Å²) in [7, 11) is 4.17. The van der Waals surface area contributed by atoms with Gasteiger partial charge in [0.15, 0.2) is 6.17 Å². The second-order valence-electron chi connectivity index (χ2n) is 9.02. The number of piperidine rings is 1. The van der Waals surface area contributed by atoms with Crippen molar-refractivity contribution in [2.24, 2.45) is 5.92 Å². The highest BCUT2D eigenvalue weighted by molar-refractivity contribution is 8.00. The summed E-state index contributed by atoms with van der Waals surface area (Å²) < 4.78 is 5.48. The number of aliphatic hydroxyl groups excluding tert-OH is 1. The predicted octanol–water partition coefficient (Wildman–Crippen LogP) is 0.726. The third-order valence-electron chi connectivity index (χ3n) is 7.53. The number of β-amino-alcohol motifs (C(OH)–C–C–N with tert-alkyl or cyclic N) is 1. The number of rotatable bonds is 5. The Hall–Kier alpha value is 0.150. The Bertz CT molecular complexity index is 454. The quantitative estimate of drug-likeness (QED) is 0.732. The van der Waals surface area contributed by atoms with Crippen molar-refractivity contribution in [3.63, 3.8) is 0 Å². The number of nitrogens with two attached hydrogens (primary N) is 1. The second kappa shape index (κ2) is 8.66. The van der Waals surface area contributed by atoms with Crippen LogP contribution in [-0.2, 0) is 4.74 Å². The van der Waals surface area contributed by atoms with E-state index in [0.717, 1.165) is 56.6 Å². The molecule has 0 amide bonds. The van der Waals surface area contributed by atoms with E-state index >= 15 is 0 Å². The lowest BCUT2D eigenvalue weighted by Gasteiger charge is -2.37. The van der Waals surface area contributed by atoms with Crippen LogP contribution in [0.5, 0.6) is 0 Å². The van der Waals surface area contributed by atoms with E-state index in [1.807, 2.05) is 7.11 Å². The van der Waals surface area contributed by atoms with Crippen molar-refractivity contribution < 1.29 is 15.2 Å². The van der Waals surface area contributed by atoms with Crippen LogP contribution in [0.15, 0.2) is 0 Å². The minimum Gasteiger partial charge on any atom is -0.392 e. The number of fused-ring (bicyclic) bond motifs is 1. The molecule has 3 heterocycles. The normalized spacial score (nSPS) is 43.5. The summed E-state index contributed by atoms with van der Waals surface area (Å²) in [5.74, 6) is 1.82. The molecule has 4 fully saturated rings. The molecule has 1 aliphatic carbocycles. The molecule has 5 atom stereocenters. The fraction of sp³-hybridized carbons (Fsp3) is 1.00. The largest absolute Gasteiger partial charge is 0.392 e. The maximum absolute atomic E-state index is 10.8. The van der Waals surface area contributed by atoms with E-state index < -0.39 is 0 Å². The zero-order valence-corrected chi connectivity index (χ0v) is 17.4. The standard InChI is InChI=1S/C20H37N3O2S/c1-22-17-9-10-23(12-16(17)21-20(22)19-4-3-11-26-19)13-18(24)14-5-7-15(25-2)8-6-14/h14-21,24H,3-13H2,1-2H3/p+1/t14?,15?,16?,17?,18-,19?,20?/m0/s1. The molecule has 5 nitrogen and oxygen atoms in total. The molecule has 0 aromatic heterocycles. The number of methoxy groups -OCH3 is 1. The van der Waals surface area contributed by atoms with Crippen LogP contribution in [0.4, 0.5) is 0 Å². The van der Waals surface area contributed by atoms with Gasteiger partial charge in [0.1, 0.15) is 6.04 Å². The van der Waals surface area contributed by atoms with Crippen LogP contribution in [0.2, 0.25) is 0 Å². The number of hydrogen-bond acceptors (Lipinski definition) is 5. The van der Waals surface area contributed by atoms with E-state index in [0.29, 0.717) is 24.2 Å². The van der Waals surface area contributed by atoms with Crippen molar-refractivity contribution in [1.29, 1.82) is 0 Å². The molecule has 26 heavy (non-hydrogen) atoms. The van der Waals surface area contributed by atoms with E-state index in [1.165, 1.54) is 25.0 Å². The fourth-order valence-electron chi connectivity index (χ4n) is 5.89. The third kappa shape index (κ3) is 4.11. The summed E-state index contributed by atoms with van der Waals surface area (Å²) in [5, 5.41) is 14.3. The molecule has 4 unspecified atom stereocenters. The van der Waals surface area contributed by atoms with Crippen molar-refractivity contribution >= 4 is 11.8 Å². The van der Waals surface area contributed by atoms with Crippen LogP contribution >= 0.6 is 11.8 Å². The molecule has 3 aliphatic heterocycles. The maximum Gasteiger partial charge on any atom is 0.154 e. The van der Waals surface area contributed by atoms with Gasteiger partial charge in [0.05, 0.1) is 30.0 Å². The second-order valence-corrected chi connectivity index (χ2v) is 10.4. The number of quaternary nitrogens is 1. The summed E-state index contributed by atoms with van der Waals surface area (Å²) in [6, 6.07) is 1.42. The van der Waals surface area contributed by atoms with Gasteiger partial charge in [-0.05, 0) is 63.7 Å². The summed E-state index contributed by atoms with van der Waals surface area (Å²) in [6.07, 6.45) is 9.44. The Morgan fingerprint density at radius 1 is 1.19 bits per heavy atom. The summed E-state index contributed by atoms with van der Waals surface area (Å²) in [5.41, 5.74) is 0. The summed E-state index contributed by atoms with van der Waals surface area (Å²) in [4.78, 5) is 5.22. The van der Waals surface area contributed by atoms with Gasteiger partial charge in [-0.3, -0.25) is 4.90 Å². The van der Waals surface area contributed by atoms with Crippen LogP contribution in [0.3, 0.4) is 0 Å². The number of aliphatic hydroxyl groups is 1. The Morgan fingerprint density at radius 2 is 2.00 bits per heavy atom. The lowest BCUT2D eigenvalue weighted by atomic mass is 9.83. The minimum atomic E-state index is -0.162. The van der Waals surface area contributed by atoms with Gasteiger partial charge in [-0.15, -0.1) is 0 Å². The van der Waals surface area contributed by atoms with Gasteiger partial charge in [0, 0.05) is 20.2 Å². The first-order chi connectivity index (χ1) is 12.7. The molecule has 0 radical (unpaired) electrons. The first kappa shape index (κ1) is 19.5.